The van der Waals surface area contributed by atoms with E-state index in [2.05, 4.69) is 5.32 Å². The van der Waals surface area contributed by atoms with Crippen molar-refractivity contribution in [1.82, 2.24) is 5.32 Å². The lowest BCUT2D eigenvalue weighted by atomic mass is 9.88. The van der Waals surface area contributed by atoms with E-state index in [0.717, 1.165) is 5.56 Å². The molecule has 104 valence electrons. The van der Waals surface area contributed by atoms with E-state index in [9.17, 15) is 14.0 Å². The van der Waals surface area contributed by atoms with Crippen molar-refractivity contribution in [2.24, 2.45) is 5.41 Å². The Morgan fingerprint density at radius 3 is 2.53 bits per heavy atom. The molecule has 1 amide bonds. The molecule has 0 aliphatic carbocycles. The maximum absolute atomic E-state index is 13.1. The van der Waals surface area contributed by atoms with Crippen molar-refractivity contribution in [3.05, 3.63) is 35.1 Å². The zero-order valence-electron chi connectivity index (χ0n) is 11.3. The number of carboxylic acid groups (broad SMARTS) is 1. The van der Waals surface area contributed by atoms with Crippen LogP contribution in [0.1, 0.15) is 31.4 Å². The lowest BCUT2D eigenvalue weighted by molar-refractivity contribution is -0.144. The van der Waals surface area contributed by atoms with Crippen LogP contribution in [-0.2, 0) is 16.1 Å². The summed E-state index contributed by atoms with van der Waals surface area (Å²) >= 11 is 0. The molecule has 0 atom stereocenters. The number of carboxylic acids is 1. The number of hydrogen-bond acceptors (Lipinski definition) is 2. The van der Waals surface area contributed by atoms with Gasteiger partial charge in [0, 0.05) is 6.54 Å². The molecular weight excluding hydrogens is 249 g/mol. The molecule has 1 aromatic rings. The first kappa shape index (κ1) is 15.1. The van der Waals surface area contributed by atoms with Gasteiger partial charge >= 0.3 is 5.97 Å². The SMILES string of the molecule is Cc1cc(CNC(=O)C(C)(C)CC(=O)O)ccc1F. The summed E-state index contributed by atoms with van der Waals surface area (Å²) in [5.74, 6) is -1.64. The molecule has 5 heteroatoms. The molecule has 19 heavy (non-hydrogen) atoms. The number of carbonyl (C=O) groups excluding carboxylic acids is 1. The zero-order valence-corrected chi connectivity index (χ0v) is 11.3. The molecule has 0 aliphatic rings. The fourth-order valence-corrected chi connectivity index (χ4v) is 1.70. The van der Waals surface area contributed by atoms with E-state index in [1.165, 1.54) is 6.07 Å². The van der Waals surface area contributed by atoms with Gasteiger partial charge in [-0.2, -0.15) is 0 Å². The lowest BCUT2D eigenvalue weighted by Gasteiger charge is -2.21. The first-order valence-corrected chi connectivity index (χ1v) is 5.97. The number of rotatable bonds is 5. The topological polar surface area (TPSA) is 66.4 Å². The van der Waals surface area contributed by atoms with Crippen LogP contribution >= 0.6 is 0 Å². The van der Waals surface area contributed by atoms with Gasteiger partial charge < -0.3 is 10.4 Å². The molecular formula is C14H18FNO3. The Morgan fingerprint density at radius 2 is 2.00 bits per heavy atom. The van der Waals surface area contributed by atoms with Crippen LogP contribution < -0.4 is 5.32 Å². The summed E-state index contributed by atoms with van der Waals surface area (Å²) < 4.78 is 13.1. The molecule has 0 unspecified atom stereocenters. The minimum Gasteiger partial charge on any atom is -0.481 e. The highest BCUT2D eigenvalue weighted by Crippen LogP contribution is 2.20. The fraction of sp³-hybridized carbons (Fsp3) is 0.429. The molecule has 1 rings (SSSR count). The van der Waals surface area contributed by atoms with Crippen molar-refractivity contribution in [1.29, 1.82) is 0 Å². The second-order valence-electron chi connectivity index (χ2n) is 5.22. The number of nitrogens with one attached hydrogen (secondary N) is 1. The molecule has 1 aromatic carbocycles. The van der Waals surface area contributed by atoms with Gasteiger partial charge in [-0.1, -0.05) is 26.0 Å². The number of hydrogen-bond donors (Lipinski definition) is 2. The number of amides is 1. The Hall–Kier alpha value is -1.91. The molecule has 0 fully saturated rings. The molecule has 0 saturated heterocycles. The van der Waals surface area contributed by atoms with Crippen molar-refractivity contribution in [2.75, 3.05) is 0 Å². The second kappa shape index (κ2) is 5.82. The Kier molecular flexibility index (Phi) is 4.64. The van der Waals surface area contributed by atoms with Crippen LogP contribution in [0.5, 0.6) is 0 Å². The summed E-state index contributed by atoms with van der Waals surface area (Å²) in [4.78, 5) is 22.5. The van der Waals surface area contributed by atoms with Crippen molar-refractivity contribution in [3.63, 3.8) is 0 Å². The Balaban J connectivity index is 2.63. The van der Waals surface area contributed by atoms with Gasteiger partial charge in [-0.3, -0.25) is 9.59 Å². The summed E-state index contributed by atoms with van der Waals surface area (Å²) in [6.45, 7) is 5.05. The van der Waals surface area contributed by atoms with Gasteiger partial charge in [0.1, 0.15) is 5.82 Å². The molecule has 2 N–H and O–H groups in total. The van der Waals surface area contributed by atoms with E-state index in [-0.39, 0.29) is 24.7 Å². The molecule has 0 aromatic heterocycles. The van der Waals surface area contributed by atoms with E-state index < -0.39 is 11.4 Å². The Morgan fingerprint density at radius 1 is 1.37 bits per heavy atom. The average Bonchev–Trinajstić information content (AvgIpc) is 2.28. The monoisotopic (exact) mass is 267 g/mol. The third-order valence-corrected chi connectivity index (χ3v) is 2.88. The molecule has 0 saturated carbocycles. The van der Waals surface area contributed by atoms with Crippen LogP contribution in [0.15, 0.2) is 18.2 Å². The minimum atomic E-state index is -1.02. The quantitative estimate of drug-likeness (QED) is 0.860. The molecule has 0 bridgehead atoms. The van der Waals surface area contributed by atoms with E-state index in [1.54, 1.807) is 32.9 Å². The van der Waals surface area contributed by atoms with Crippen molar-refractivity contribution >= 4 is 11.9 Å². The molecule has 4 nitrogen and oxygen atoms in total. The van der Waals surface area contributed by atoms with Crippen LogP contribution in [-0.4, -0.2) is 17.0 Å². The number of aliphatic carboxylic acids is 1. The van der Waals surface area contributed by atoms with Gasteiger partial charge in [-0.05, 0) is 24.1 Å². The van der Waals surface area contributed by atoms with Gasteiger partial charge in [-0.15, -0.1) is 0 Å². The van der Waals surface area contributed by atoms with Gasteiger partial charge in [-0.25, -0.2) is 4.39 Å². The van der Waals surface area contributed by atoms with Gasteiger partial charge in [0.15, 0.2) is 0 Å². The number of benzene rings is 1. The Bertz CT molecular complexity index is 497. The van der Waals surface area contributed by atoms with Crippen molar-refractivity contribution in [3.8, 4) is 0 Å². The maximum atomic E-state index is 13.1. The zero-order chi connectivity index (χ0) is 14.6. The van der Waals surface area contributed by atoms with E-state index in [1.807, 2.05) is 0 Å². The standard InChI is InChI=1S/C14H18FNO3/c1-9-6-10(4-5-11(9)15)8-16-13(19)14(2,3)7-12(17)18/h4-6H,7-8H2,1-3H3,(H,16,19)(H,17,18). The first-order valence-electron chi connectivity index (χ1n) is 5.97. The molecule has 0 heterocycles. The predicted molar refractivity (Wildman–Crippen MR) is 69.0 cm³/mol. The number of carbonyl (C=O) groups is 2. The van der Waals surface area contributed by atoms with E-state index >= 15 is 0 Å². The third kappa shape index (κ3) is 4.35. The summed E-state index contributed by atoms with van der Waals surface area (Å²) in [6.07, 6.45) is -0.235. The van der Waals surface area contributed by atoms with Crippen LogP contribution in [0.25, 0.3) is 0 Å². The Labute approximate surface area is 111 Å². The molecule has 0 aliphatic heterocycles. The molecule has 0 spiro atoms. The first-order chi connectivity index (χ1) is 8.72. The summed E-state index contributed by atoms with van der Waals surface area (Å²) in [5.41, 5.74) is 0.316. The van der Waals surface area contributed by atoms with Crippen LogP contribution in [0.2, 0.25) is 0 Å². The van der Waals surface area contributed by atoms with Gasteiger partial charge in [0.2, 0.25) is 5.91 Å². The summed E-state index contributed by atoms with van der Waals surface area (Å²) in [5, 5.41) is 11.4. The van der Waals surface area contributed by atoms with E-state index in [4.69, 9.17) is 5.11 Å². The van der Waals surface area contributed by atoms with Gasteiger partial charge in [0.05, 0.1) is 11.8 Å². The highest BCUT2D eigenvalue weighted by Gasteiger charge is 2.30. The average molecular weight is 267 g/mol. The lowest BCUT2D eigenvalue weighted by Crippen LogP contribution is -2.38. The van der Waals surface area contributed by atoms with Crippen LogP contribution in [0.3, 0.4) is 0 Å². The second-order valence-corrected chi connectivity index (χ2v) is 5.22. The summed E-state index contributed by atoms with van der Waals surface area (Å²) in [6, 6.07) is 4.59. The summed E-state index contributed by atoms with van der Waals surface area (Å²) in [7, 11) is 0. The van der Waals surface area contributed by atoms with Crippen LogP contribution in [0, 0.1) is 18.2 Å². The minimum absolute atomic E-state index is 0.235. The van der Waals surface area contributed by atoms with Crippen LogP contribution in [0.4, 0.5) is 4.39 Å². The molecule has 0 radical (unpaired) electrons. The van der Waals surface area contributed by atoms with Gasteiger partial charge in [0.25, 0.3) is 0 Å². The number of halogens is 1. The number of aryl methyl sites for hydroxylation is 1. The smallest absolute Gasteiger partial charge is 0.304 e. The largest absolute Gasteiger partial charge is 0.481 e. The highest BCUT2D eigenvalue weighted by atomic mass is 19.1. The van der Waals surface area contributed by atoms with Crippen molar-refractivity contribution in [2.45, 2.75) is 33.7 Å². The fourth-order valence-electron chi connectivity index (χ4n) is 1.70. The maximum Gasteiger partial charge on any atom is 0.304 e. The highest BCUT2D eigenvalue weighted by molar-refractivity contribution is 5.86. The van der Waals surface area contributed by atoms with E-state index in [0.29, 0.717) is 5.56 Å². The van der Waals surface area contributed by atoms with Crippen molar-refractivity contribution < 1.29 is 19.1 Å². The third-order valence-electron chi connectivity index (χ3n) is 2.88. The normalized spacial score (nSPS) is 11.2. The predicted octanol–water partition coefficient (Wildman–Crippen LogP) is 2.25.